The topological polar surface area (TPSA) is 98.8 Å². The van der Waals surface area contributed by atoms with Gasteiger partial charge >= 0.3 is 0 Å². The number of alkyl halides is 1. The van der Waals surface area contributed by atoms with Crippen LogP contribution in [0.4, 0.5) is 10.1 Å². The Hall–Kier alpha value is -4.40. The third-order valence-electron chi connectivity index (χ3n) is 6.47. The zero-order valence-corrected chi connectivity index (χ0v) is 20.4. The van der Waals surface area contributed by atoms with Crippen molar-refractivity contribution in [3.05, 3.63) is 72.6 Å². The van der Waals surface area contributed by atoms with E-state index in [1.807, 2.05) is 0 Å². The molecule has 2 N–H and O–H groups in total. The van der Waals surface area contributed by atoms with Gasteiger partial charge in [0.05, 0.1) is 19.7 Å². The van der Waals surface area contributed by atoms with E-state index >= 15 is 0 Å². The molecule has 2 aromatic carbocycles. The molecule has 2 aliphatic rings. The van der Waals surface area contributed by atoms with Crippen molar-refractivity contribution in [1.82, 2.24) is 10.3 Å². The molecule has 0 saturated heterocycles. The molecule has 8 nitrogen and oxygen atoms in total. The van der Waals surface area contributed by atoms with Gasteiger partial charge in [-0.1, -0.05) is 6.08 Å². The fourth-order valence-electron chi connectivity index (χ4n) is 4.14. The van der Waals surface area contributed by atoms with Crippen molar-refractivity contribution in [1.29, 1.82) is 0 Å². The number of ether oxygens (including phenoxy) is 3. The lowest BCUT2D eigenvalue weighted by atomic mass is 10.0. The molecule has 2 amide bonds. The van der Waals surface area contributed by atoms with E-state index in [1.165, 1.54) is 12.2 Å². The lowest BCUT2D eigenvalue weighted by Gasteiger charge is -2.17. The number of fused-ring (bicyclic) bond motifs is 1. The highest BCUT2D eigenvalue weighted by Gasteiger charge is 2.56. The summed E-state index contributed by atoms with van der Waals surface area (Å²) < 4.78 is 30.1. The summed E-state index contributed by atoms with van der Waals surface area (Å²) in [4.78, 5) is 30.1. The minimum absolute atomic E-state index is 0.205. The SMILES string of the molecule is COc1cc2nccc(Oc3ccc(NC(=O)C4(C(=O)NC5=CCC(F)C=C5)CC4)cc3)c2cc1OC. The second-order valence-electron chi connectivity index (χ2n) is 8.92. The first kappa shape index (κ1) is 24.3. The van der Waals surface area contributed by atoms with E-state index in [0.717, 1.165) is 5.39 Å². The molecule has 5 rings (SSSR count). The van der Waals surface area contributed by atoms with Gasteiger partial charge in [0.1, 0.15) is 23.1 Å². The number of hydrogen-bond acceptors (Lipinski definition) is 6. The van der Waals surface area contributed by atoms with Crippen molar-refractivity contribution in [2.75, 3.05) is 19.5 Å². The van der Waals surface area contributed by atoms with E-state index in [1.54, 1.807) is 69.0 Å². The average molecular weight is 504 g/mol. The number of amides is 2. The van der Waals surface area contributed by atoms with Crippen molar-refractivity contribution in [3.8, 4) is 23.0 Å². The van der Waals surface area contributed by atoms with Crippen molar-refractivity contribution >= 4 is 28.4 Å². The first-order valence-corrected chi connectivity index (χ1v) is 11.9. The van der Waals surface area contributed by atoms with Gasteiger partial charge in [0.25, 0.3) is 0 Å². The predicted molar refractivity (Wildman–Crippen MR) is 137 cm³/mol. The number of benzene rings is 2. The molecule has 1 heterocycles. The van der Waals surface area contributed by atoms with Gasteiger partial charge in [-0.05, 0) is 61.4 Å². The number of carbonyl (C=O) groups excluding carboxylic acids is 2. The minimum atomic E-state index is -1.12. The number of methoxy groups -OCH3 is 2. The molecule has 1 aromatic heterocycles. The fraction of sp³-hybridized carbons (Fsp3) is 0.250. The number of pyridine rings is 1. The van der Waals surface area contributed by atoms with Crippen molar-refractivity contribution < 1.29 is 28.2 Å². The highest BCUT2D eigenvalue weighted by Crippen LogP contribution is 2.47. The Morgan fingerprint density at radius 2 is 1.68 bits per heavy atom. The van der Waals surface area contributed by atoms with Gasteiger partial charge < -0.3 is 24.8 Å². The number of rotatable bonds is 8. The summed E-state index contributed by atoms with van der Waals surface area (Å²) in [5, 5.41) is 6.32. The van der Waals surface area contributed by atoms with Crippen LogP contribution in [-0.2, 0) is 9.59 Å². The van der Waals surface area contributed by atoms with Crippen LogP contribution in [0.2, 0.25) is 0 Å². The first-order valence-electron chi connectivity index (χ1n) is 11.9. The molecular formula is C28H26FN3O5. The minimum Gasteiger partial charge on any atom is -0.493 e. The molecule has 1 unspecified atom stereocenters. The van der Waals surface area contributed by atoms with Crippen LogP contribution in [0.3, 0.4) is 0 Å². The zero-order chi connectivity index (χ0) is 26.0. The molecule has 1 saturated carbocycles. The van der Waals surface area contributed by atoms with Gasteiger partial charge in [0.2, 0.25) is 11.8 Å². The Labute approximate surface area is 213 Å². The summed E-state index contributed by atoms with van der Waals surface area (Å²) >= 11 is 0. The second-order valence-corrected chi connectivity index (χ2v) is 8.92. The maximum Gasteiger partial charge on any atom is 0.240 e. The standard InChI is InChI=1S/C28H26FN3O5/c1-35-24-15-21-22(16-25(24)36-2)30-14-11-23(21)37-20-9-7-19(8-10-20)32-27(34)28(12-13-28)26(33)31-18-5-3-17(29)4-6-18/h3,5-11,14-17H,4,12-13H2,1-2H3,(H,31,33)(H,32,34). The predicted octanol–water partition coefficient (Wildman–Crippen LogP) is 5.06. The highest BCUT2D eigenvalue weighted by molar-refractivity contribution is 6.13. The van der Waals surface area contributed by atoms with Crippen LogP contribution in [0.25, 0.3) is 10.9 Å². The van der Waals surface area contributed by atoms with Gasteiger partial charge in [0, 0.05) is 35.5 Å². The van der Waals surface area contributed by atoms with Crippen molar-refractivity contribution in [3.63, 3.8) is 0 Å². The Morgan fingerprint density at radius 1 is 0.973 bits per heavy atom. The normalized spacial score (nSPS) is 17.5. The number of anilines is 1. The smallest absolute Gasteiger partial charge is 0.240 e. The molecule has 3 aromatic rings. The molecule has 0 bridgehead atoms. The molecule has 190 valence electrons. The largest absolute Gasteiger partial charge is 0.493 e. The Kier molecular flexibility index (Phi) is 6.52. The lowest BCUT2D eigenvalue weighted by Crippen LogP contribution is -2.39. The summed E-state index contributed by atoms with van der Waals surface area (Å²) in [7, 11) is 3.13. The molecule has 0 aliphatic heterocycles. The van der Waals surface area contributed by atoms with Crippen molar-refractivity contribution in [2.45, 2.75) is 25.4 Å². The van der Waals surface area contributed by atoms with E-state index in [-0.39, 0.29) is 18.2 Å². The van der Waals surface area contributed by atoms with E-state index in [0.29, 0.717) is 52.7 Å². The quantitative estimate of drug-likeness (QED) is 0.417. The number of nitrogens with zero attached hydrogens (tertiary/aromatic N) is 1. The number of nitrogens with one attached hydrogen (secondary N) is 2. The number of carbonyl (C=O) groups is 2. The summed E-state index contributed by atoms with van der Waals surface area (Å²) in [5.41, 5.74) is 0.627. The monoisotopic (exact) mass is 503 g/mol. The van der Waals surface area contributed by atoms with E-state index in [4.69, 9.17) is 14.2 Å². The molecule has 37 heavy (non-hydrogen) atoms. The molecule has 9 heteroatoms. The van der Waals surface area contributed by atoms with Gasteiger partial charge in [-0.3, -0.25) is 14.6 Å². The third-order valence-corrected chi connectivity index (χ3v) is 6.47. The molecule has 1 fully saturated rings. The third kappa shape index (κ3) is 4.97. The molecule has 2 aliphatic carbocycles. The van der Waals surface area contributed by atoms with Gasteiger partial charge in [-0.2, -0.15) is 0 Å². The lowest BCUT2D eigenvalue weighted by molar-refractivity contribution is -0.133. The van der Waals surface area contributed by atoms with Crippen LogP contribution in [-0.4, -0.2) is 37.2 Å². The number of halogens is 1. The summed E-state index contributed by atoms with van der Waals surface area (Å²) in [6, 6.07) is 12.2. The van der Waals surface area contributed by atoms with Crippen LogP contribution >= 0.6 is 0 Å². The van der Waals surface area contributed by atoms with Crippen molar-refractivity contribution in [2.24, 2.45) is 5.41 Å². The second kappa shape index (κ2) is 9.93. The van der Waals surface area contributed by atoms with Crippen LogP contribution < -0.4 is 24.8 Å². The van der Waals surface area contributed by atoms with Crippen LogP contribution in [0, 0.1) is 5.41 Å². The zero-order valence-electron chi connectivity index (χ0n) is 20.4. The van der Waals surface area contributed by atoms with Gasteiger partial charge in [-0.25, -0.2) is 4.39 Å². The summed E-state index contributed by atoms with van der Waals surface area (Å²) in [6.07, 6.45) is 6.25. The molecule has 0 spiro atoms. The Morgan fingerprint density at radius 3 is 2.32 bits per heavy atom. The van der Waals surface area contributed by atoms with Crippen LogP contribution in [0.15, 0.2) is 72.6 Å². The van der Waals surface area contributed by atoms with Crippen LogP contribution in [0.1, 0.15) is 19.3 Å². The molecule has 0 radical (unpaired) electrons. The summed E-state index contributed by atoms with van der Waals surface area (Å²) in [5.74, 6) is 1.52. The average Bonchev–Trinajstić information content (AvgIpc) is 3.73. The molecular weight excluding hydrogens is 477 g/mol. The Bertz CT molecular complexity index is 1410. The van der Waals surface area contributed by atoms with E-state index in [9.17, 15) is 14.0 Å². The summed E-state index contributed by atoms with van der Waals surface area (Å²) in [6.45, 7) is 0. The Balaban J connectivity index is 1.26. The van der Waals surface area contributed by atoms with Crippen LogP contribution in [0.5, 0.6) is 23.0 Å². The maximum atomic E-state index is 13.3. The van der Waals surface area contributed by atoms with E-state index in [2.05, 4.69) is 15.6 Å². The number of aromatic nitrogens is 1. The van der Waals surface area contributed by atoms with Gasteiger partial charge in [-0.15, -0.1) is 0 Å². The maximum absolute atomic E-state index is 13.3. The number of allylic oxidation sites excluding steroid dienone is 3. The van der Waals surface area contributed by atoms with E-state index < -0.39 is 11.6 Å². The fourth-order valence-corrected chi connectivity index (χ4v) is 4.14. The molecule has 1 atom stereocenters. The number of hydrogen-bond donors (Lipinski definition) is 2. The first-order chi connectivity index (χ1) is 17.9. The van der Waals surface area contributed by atoms with Gasteiger partial charge in [0.15, 0.2) is 11.5 Å². The highest BCUT2D eigenvalue weighted by atomic mass is 19.1.